The molecule has 0 aliphatic heterocycles. The van der Waals surface area contributed by atoms with Gasteiger partial charge in [-0.05, 0) is 25.3 Å². The molecule has 0 heterocycles. The van der Waals surface area contributed by atoms with Crippen molar-refractivity contribution in [3.8, 4) is 5.75 Å². The molecule has 1 atom stereocenters. The molecule has 1 aliphatic carbocycles. The third-order valence-corrected chi connectivity index (χ3v) is 4.97. The van der Waals surface area contributed by atoms with E-state index in [0.717, 1.165) is 24.5 Å². The van der Waals surface area contributed by atoms with Crippen molar-refractivity contribution in [2.24, 2.45) is 5.92 Å². The van der Waals surface area contributed by atoms with Crippen LogP contribution in [0, 0.1) is 5.92 Å². The van der Waals surface area contributed by atoms with Crippen molar-refractivity contribution < 1.29 is 9.84 Å². The lowest BCUT2D eigenvalue weighted by atomic mass is 9.85. The SMILES string of the molecule is CC(OCCCCCCC1CCCCC1)c1ccccc1O. The Bertz CT molecular complexity index is 410. The molecule has 2 rings (SSSR count). The number of ether oxygens (including phenoxy) is 1. The van der Waals surface area contributed by atoms with Gasteiger partial charge in [0.1, 0.15) is 5.75 Å². The van der Waals surface area contributed by atoms with E-state index in [1.807, 2.05) is 25.1 Å². The van der Waals surface area contributed by atoms with Crippen molar-refractivity contribution >= 4 is 0 Å². The Kier molecular flexibility index (Phi) is 7.79. The molecule has 0 amide bonds. The second kappa shape index (κ2) is 9.89. The number of phenolic OH excluding ortho intramolecular Hbond substituents is 1. The molecule has 1 N–H and O–H groups in total. The molecule has 0 radical (unpaired) electrons. The van der Waals surface area contributed by atoms with E-state index in [0.29, 0.717) is 5.75 Å². The summed E-state index contributed by atoms with van der Waals surface area (Å²) in [5.74, 6) is 1.36. The van der Waals surface area contributed by atoms with Gasteiger partial charge in [-0.3, -0.25) is 0 Å². The summed E-state index contributed by atoms with van der Waals surface area (Å²) < 4.78 is 5.85. The highest BCUT2D eigenvalue weighted by Gasteiger charge is 2.12. The average Bonchev–Trinajstić information content (AvgIpc) is 2.55. The first-order chi connectivity index (χ1) is 10.8. The fourth-order valence-corrected chi connectivity index (χ4v) is 3.55. The number of aromatic hydroxyl groups is 1. The Morgan fingerprint density at radius 3 is 2.55 bits per heavy atom. The predicted octanol–water partition coefficient (Wildman–Crippen LogP) is 6.00. The summed E-state index contributed by atoms with van der Waals surface area (Å²) in [6.45, 7) is 2.80. The molecule has 0 saturated heterocycles. The van der Waals surface area contributed by atoms with Gasteiger partial charge in [0.25, 0.3) is 0 Å². The standard InChI is InChI=1S/C20H32O2/c1-17(19-14-8-9-15-20(19)21)22-16-10-3-2-5-11-18-12-6-4-7-13-18/h8-9,14-15,17-18,21H,2-7,10-13,16H2,1H3. The summed E-state index contributed by atoms with van der Waals surface area (Å²) in [4.78, 5) is 0. The summed E-state index contributed by atoms with van der Waals surface area (Å²) in [5.41, 5.74) is 0.889. The molecule has 1 aromatic rings. The van der Waals surface area contributed by atoms with E-state index in [4.69, 9.17) is 4.74 Å². The third-order valence-electron chi connectivity index (χ3n) is 4.97. The Hall–Kier alpha value is -1.02. The number of phenols is 1. The van der Waals surface area contributed by atoms with Crippen LogP contribution in [0.4, 0.5) is 0 Å². The van der Waals surface area contributed by atoms with Crippen molar-refractivity contribution in [2.45, 2.75) is 77.2 Å². The molecule has 0 aromatic heterocycles. The largest absolute Gasteiger partial charge is 0.508 e. The molecule has 1 fully saturated rings. The number of unbranched alkanes of at least 4 members (excludes halogenated alkanes) is 3. The van der Waals surface area contributed by atoms with Gasteiger partial charge in [0.15, 0.2) is 0 Å². The van der Waals surface area contributed by atoms with E-state index in [9.17, 15) is 5.11 Å². The molecule has 22 heavy (non-hydrogen) atoms. The zero-order valence-corrected chi connectivity index (χ0v) is 14.1. The number of para-hydroxylation sites is 1. The van der Waals surface area contributed by atoms with Crippen molar-refractivity contribution in [3.63, 3.8) is 0 Å². The Balaban J connectivity index is 1.49. The first-order valence-corrected chi connectivity index (χ1v) is 9.17. The fraction of sp³-hybridized carbons (Fsp3) is 0.700. The van der Waals surface area contributed by atoms with Crippen molar-refractivity contribution in [1.29, 1.82) is 0 Å². The number of hydrogen-bond acceptors (Lipinski definition) is 2. The van der Waals surface area contributed by atoms with E-state index in [1.165, 1.54) is 57.8 Å². The van der Waals surface area contributed by atoms with Crippen LogP contribution in [0.3, 0.4) is 0 Å². The molecular formula is C20H32O2. The summed E-state index contributed by atoms with van der Waals surface area (Å²) >= 11 is 0. The lowest BCUT2D eigenvalue weighted by Crippen LogP contribution is -2.06. The highest BCUT2D eigenvalue weighted by atomic mass is 16.5. The van der Waals surface area contributed by atoms with Crippen LogP contribution in [0.15, 0.2) is 24.3 Å². The minimum atomic E-state index is -0.0246. The minimum Gasteiger partial charge on any atom is -0.508 e. The van der Waals surface area contributed by atoms with E-state index in [-0.39, 0.29) is 6.10 Å². The fourth-order valence-electron chi connectivity index (χ4n) is 3.55. The van der Waals surface area contributed by atoms with Crippen LogP contribution in [-0.4, -0.2) is 11.7 Å². The molecule has 124 valence electrons. The molecule has 1 aromatic carbocycles. The van der Waals surface area contributed by atoms with Gasteiger partial charge in [-0.25, -0.2) is 0 Å². The van der Waals surface area contributed by atoms with Crippen LogP contribution in [0.5, 0.6) is 5.75 Å². The first-order valence-electron chi connectivity index (χ1n) is 9.17. The van der Waals surface area contributed by atoms with Gasteiger partial charge in [-0.1, -0.05) is 76.0 Å². The second-order valence-electron chi connectivity index (χ2n) is 6.78. The lowest BCUT2D eigenvalue weighted by Gasteiger charge is -2.21. The molecule has 2 nitrogen and oxygen atoms in total. The maximum Gasteiger partial charge on any atom is 0.121 e. The monoisotopic (exact) mass is 304 g/mol. The van der Waals surface area contributed by atoms with Gasteiger partial charge in [-0.2, -0.15) is 0 Å². The molecule has 1 aliphatic rings. The smallest absolute Gasteiger partial charge is 0.121 e. The van der Waals surface area contributed by atoms with Crippen LogP contribution >= 0.6 is 0 Å². The summed E-state index contributed by atoms with van der Waals surface area (Å²) in [5, 5.41) is 9.80. The lowest BCUT2D eigenvalue weighted by molar-refractivity contribution is 0.0611. The molecule has 2 heteroatoms. The highest BCUT2D eigenvalue weighted by molar-refractivity contribution is 5.33. The molecular weight excluding hydrogens is 272 g/mol. The molecule has 0 bridgehead atoms. The van der Waals surface area contributed by atoms with E-state index >= 15 is 0 Å². The van der Waals surface area contributed by atoms with Gasteiger partial charge in [0.05, 0.1) is 6.10 Å². The third kappa shape index (κ3) is 6.00. The second-order valence-corrected chi connectivity index (χ2v) is 6.78. The zero-order valence-electron chi connectivity index (χ0n) is 14.1. The topological polar surface area (TPSA) is 29.5 Å². The minimum absolute atomic E-state index is 0.0246. The maximum absolute atomic E-state index is 9.80. The van der Waals surface area contributed by atoms with Crippen molar-refractivity contribution in [2.75, 3.05) is 6.61 Å². The van der Waals surface area contributed by atoms with Crippen LogP contribution in [0.25, 0.3) is 0 Å². The van der Waals surface area contributed by atoms with Gasteiger partial charge in [0.2, 0.25) is 0 Å². The van der Waals surface area contributed by atoms with Crippen LogP contribution in [0.2, 0.25) is 0 Å². The zero-order chi connectivity index (χ0) is 15.6. The number of hydrogen-bond donors (Lipinski definition) is 1. The van der Waals surface area contributed by atoms with E-state index in [2.05, 4.69) is 0 Å². The highest BCUT2D eigenvalue weighted by Crippen LogP contribution is 2.28. The molecule has 1 saturated carbocycles. The van der Waals surface area contributed by atoms with Gasteiger partial charge in [-0.15, -0.1) is 0 Å². The Morgan fingerprint density at radius 1 is 1.05 bits per heavy atom. The number of rotatable bonds is 9. The Morgan fingerprint density at radius 2 is 1.77 bits per heavy atom. The van der Waals surface area contributed by atoms with Gasteiger partial charge in [0, 0.05) is 12.2 Å². The van der Waals surface area contributed by atoms with Gasteiger partial charge < -0.3 is 9.84 Å². The quantitative estimate of drug-likeness (QED) is 0.567. The van der Waals surface area contributed by atoms with E-state index in [1.54, 1.807) is 6.07 Å². The van der Waals surface area contributed by atoms with Crippen LogP contribution in [-0.2, 0) is 4.74 Å². The van der Waals surface area contributed by atoms with Crippen molar-refractivity contribution in [1.82, 2.24) is 0 Å². The first kappa shape index (κ1) is 17.3. The van der Waals surface area contributed by atoms with Gasteiger partial charge >= 0.3 is 0 Å². The Labute approximate surface area is 135 Å². The molecule has 0 spiro atoms. The summed E-state index contributed by atoms with van der Waals surface area (Å²) in [6, 6.07) is 7.45. The normalized spacial score (nSPS) is 17.5. The molecule has 1 unspecified atom stereocenters. The maximum atomic E-state index is 9.80. The van der Waals surface area contributed by atoms with E-state index < -0.39 is 0 Å². The summed E-state index contributed by atoms with van der Waals surface area (Å²) in [7, 11) is 0. The van der Waals surface area contributed by atoms with Crippen LogP contribution < -0.4 is 0 Å². The average molecular weight is 304 g/mol. The summed E-state index contributed by atoms with van der Waals surface area (Å²) in [6.07, 6.45) is 13.9. The van der Waals surface area contributed by atoms with Crippen LogP contribution in [0.1, 0.15) is 82.8 Å². The predicted molar refractivity (Wildman–Crippen MR) is 92.1 cm³/mol. The van der Waals surface area contributed by atoms with Crippen molar-refractivity contribution in [3.05, 3.63) is 29.8 Å². The number of benzene rings is 1.